The fourth-order valence-corrected chi connectivity index (χ4v) is 1.02. The van der Waals surface area contributed by atoms with Crippen molar-refractivity contribution in [3.63, 3.8) is 0 Å². The van der Waals surface area contributed by atoms with Gasteiger partial charge in [-0.2, -0.15) is 0 Å². The van der Waals surface area contributed by atoms with Crippen LogP contribution in [0, 0.1) is 5.41 Å². The summed E-state index contributed by atoms with van der Waals surface area (Å²) in [6, 6.07) is 4.73. The van der Waals surface area contributed by atoms with Gasteiger partial charge in [-0.3, -0.25) is 0 Å². The molecule has 1 aromatic heterocycles. The molecule has 0 saturated carbocycles. The van der Waals surface area contributed by atoms with Crippen LogP contribution in [0.2, 0.25) is 0 Å². The zero-order valence-corrected chi connectivity index (χ0v) is 11.0. The lowest BCUT2D eigenvalue weighted by Crippen LogP contribution is -2.25. The molecule has 1 N–H and O–H groups in total. The van der Waals surface area contributed by atoms with Crippen LogP contribution < -0.4 is 5.48 Å². The monoisotopic (exact) mass is 288 g/mol. The first-order valence-corrected chi connectivity index (χ1v) is 5.54. The second kappa shape index (κ2) is 5.30. The highest BCUT2D eigenvalue weighted by atomic mass is 79.9. The van der Waals surface area contributed by atoms with Crippen molar-refractivity contribution >= 4 is 27.7 Å². The zero-order valence-electron chi connectivity index (χ0n) is 11.4. The summed E-state index contributed by atoms with van der Waals surface area (Å²) in [6.07, 6.45) is 0. The van der Waals surface area contributed by atoms with E-state index in [-0.39, 0.29) is 11.5 Å². The first kappa shape index (κ1) is 10.1. The number of hydrogen-bond acceptors (Lipinski definition) is 4. The SMILES string of the molecule is [2H]C([2H])(Br)c1cccc(NOC(=O)C(C)(C)C)n1. The lowest BCUT2D eigenvalue weighted by Gasteiger charge is -2.16. The van der Waals surface area contributed by atoms with Crippen molar-refractivity contribution in [2.24, 2.45) is 5.41 Å². The van der Waals surface area contributed by atoms with Crippen molar-refractivity contribution in [2.75, 3.05) is 5.48 Å². The van der Waals surface area contributed by atoms with Crippen LogP contribution in [0.15, 0.2) is 18.2 Å². The van der Waals surface area contributed by atoms with Gasteiger partial charge in [-0.05, 0) is 32.9 Å². The summed E-state index contributed by atoms with van der Waals surface area (Å²) in [6.45, 7) is 5.20. The number of carbonyl (C=O) groups is 1. The Kier molecular flexibility index (Phi) is 3.34. The maximum absolute atomic E-state index is 11.5. The Bertz CT molecular complexity index is 441. The topological polar surface area (TPSA) is 51.2 Å². The Hall–Kier alpha value is -1.10. The van der Waals surface area contributed by atoms with E-state index in [0.29, 0.717) is 0 Å². The summed E-state index contributed by atoms with van der Waals surface area (Å²) >= 11 is 2.87. The minimum absolute atomic E-state index is 0.194. The number of rotatable bonds is 3. The highest BCUT2D eigenvalue weighted by Gasteiger charge is 2.23. The molecule has 0 fully saturated rings. The van der Waals surface area contributed by atoms with Crippen molar-refractivity contribution in [1.82, 2.24) is 4.98 Å². The second-order valence-electron chi connectivity index (χ2n) is 4.24. The molecule has 1 aromatic rings. The quantitative estimate of drug-likeness (QED) is 0.686. The minimum atomic E-state index is -1.72. The van der Waals surface area contributed by atoms with E-state index in [1.54, 1.807) is 32.9 Å². The molecular weight excluding hydrogens is 272 g/mol. The number of anilines is 1. The average molecular weight is 289 g/mol. The molecule has 0 aliphatic rings. The normalized spacial score (nSPS) is 13.8. The molecule has 0 unspecified atom stereocenters. The van der Waals surface area contributed by atoms with Crippen molar-refractivity contribution in [3.05, 3.63) is 23.9 Å². The molecule has 0 radical (unpaired) electrons. The third-order valence-electron chi connectivity index (χ3n) is 1.71. The molecule has 0 spiro atoms. The van der Waals surface area contributed by atoms with Gasteiger partial charge in [0, 0.05) is 8.02 Å². The van der Waals surface area contributed by atoms with Gasteiger partial charge in [-0.1, -0.05) is 22.0 Å². The van der Waals surface area contributed by atoms with Crippen LogP contribution in [-0.2, 0) is 14.9 Å². The number of aromatic nitrogens is 1. The van der Waals surface area contributed by atoms with E-state index in [1.165, 1.54) is 6.07 Å². The van der Waals surface area contributed by atoms with Crippen molar-refractivity contribution in [1.29, 1.82) is 0 Å². The minimum Gasteiger partial charge on any atom is -0.341 e. The van der Waals surface area contributed by atoms with Gasteiger partial charge in [0.25, 0.3) is 0 Å². The second-order valence-corrected chi connectivity index (χ2v) is 4.64. The van der Waals surface area contributed by atoms with Crippen LogP contribution in [0.3, 0.4) is 0 Å². The van der Waals surface area contributed by atoms with Crippen LogP contribution in [0.1, 0.15) is 29.2 Å². The van der Waals surface area contributed by atoms with Crippen LogP contribution in [0.25, 0.3) is 0 Å². The first-order chi connectivity index (χ1) is 8.10. The van der Waals surface area contributed by atoms with Gasteiger partial charge in [-0.15, -0.1) is 0 Å². The van der Waals surface area contributed by atoms with Gasteiger partial charge >= 0.3 is 5.97 Å². The average Bonchev–Trinajstić information content (AvgIpc) is 2.23. The summed E-state index contributed by atoms with van der Waals surface area (Å²) in [5.41, 5.74) is 1.99. The Morgan fingerprint density at radius 1 is 1.62 bits per heavy atom. The summed E-state index contributed by atoms with van der Waals surface area (Å²) < 4.78 is 14.9. The molecule has 0 atom stereocenters. The van der Waals surface area contributed by atoms with Crippen LogP contribution >= 0.6 is 15.9 Å². The van der Waals surface area contributed by atoms with E-state index in [2.05, 4.69) is 26.4 Å². The van der Waals surface area contributed by atoms with E-state index >= 15 is 0 Å². The van der Waals surface area contributed by atoms with Crippen LogP contribution in [0.5, 0.6) is 0 Å². The molecule has 0 saturated heterocycles. The van der Waals surface area contributed by atoms with E-state index in [1.807, 2.05) is 0 Å². The molecular formula is C11H15BrN2O2. The highest BCUT2D eigenvalue weighted by Crippen LogP contribution is 2.16. The molecule has 0 aliphatic carbocycles. The Morgan fingerprint density at radius 2 is 2.31 bits per heavy atom. The fraction of sp³-hybridized carbons (Fsp3) is 0.455. The number of nitrogens with one attached hydrogen (secondary N) is 1. The third-order valence-corrected chi connectivity index (χ3v) is 2.11. The largest absolute Gasteiger partial charge is 0.341 e. The Morgan fingerprint density at radius 3 is 2.88 bits per heavy atom. The summed E-state index contributed by atoms with van der Waals surface area (Å²) in [4.78, 5) is 20.4. The number of hydrogen-bond donors (Lipinski definition) is 1. The molecule has 0 aromatic carbocycles. The number of halogens is 1. The number of carbonyl (C=O) groups excluding carboxylic acids is 1. The maximum atomic E-state index is 11.5. The van der Waals surface area contributed by atoms with Crippen LogP contribution in [0.4, 0.5) is 5.82 Å². The molecule has 5 heteroatoms. The van der Waals surface area contributed by atoms with Crippen molar-refractivity contribution in [3.8, 4) is 0 Å². The van der Waals surface area contributed by atoms with Gasteiger partial charge in [0.2, 0.25) is 0 Å². The fourth-order valence-electron chi connectivity index (χ4n) is 0.796. The van der Waals surface area contributed by atoms with Gasteiger partial charge in [0.1, 0.15) is 0 Å². The molecule has 0 bridgehead atoms. The third kappa shape index (κ3) is 3.81. The lowest BCUT2D eigenvalue weighted by atomic mass is 9.98. The van der Waals surface area contributed by atoms with Crippen LogP contribution in [-0.4, -0.2) is 11.0 Å². The summed E-state index contributed by atoms with van der Waals surface area (Å²) in [7, 11) is 0. The molecule has 88 valence electrons. The Balaban J connectivity index is 2.73. The van der Waals surface area contributed by atoms with E-state index in [4.69, 9.17) is 7.58 Å². The van der Waals surface area contributed by atoms with Crippen molar-refractivity contribution in [2.45, 2.75) is 26.1 Å². The van der Waals surface area contributed by atoms with E-state index < -0.39 is 16.7 Å². The van der Waals surface area contributed by atoms with Gasteiger partial charge in [-0.25, -0.2) is 15.3 Å². The maximum Gasteiger partial charge on any atom is 0.337 e. The predicted octanol–water partition coefficient (Wildman–Crippen LogP) is 2.89. The molecule has 16 heavy (non-hydrogen) atoms. The van der Waals surface area contributed by atoms with Gasteiger partial charge in [0.05, 0.1) is 11.1 Å². The van der Waals surface area contributed by atoms with Crippen molar-refractivity contribution < 1.29 is 12.4 Å². The molecule has 1 rings (SSSR count). The standard InChI is InChI=1S/C11H15BrN2O2/c1-11(2,3)10(15)16-14-9-6-4-5-8(7-12)13-9/h4-6H,7H2,1-3H3,(H,13,14)/i7D2. The number of alkyl halides is 1. The lowest BCUT2D eigenvalue weighted by molar-refractivity contribution is -0.149. The molecule has 4 nitrogen and oxygen atoms in total. The number of pyridine rings is 1. The van der Waals surface area contributed by atoms with Gasteiger partial charge < -0.3 is 4.84 Å². The Labute approximate surface area is 106 Å². The molecule has 0 amide bonds. The van der Waals surface area contributed by atoms with Gasteiger partial charge in [0.15, 0.2) is 5.82 Å². The summed E-state index contributed by atoms with van der Waals surface area (Å²) in [5, 5.41) is -1.72. The first-order valence-electron chi connectivity index (χ1n) is 5.74. The zero-order chi connectivity index (χ0) is 14.0. The smallest absolute Gasteiger partial charge is 0.337 e. The molecule has 0 aliphatic heterocycles. The predicted molar refractivity (Wildman–Crippen MR) is 66.0 cm³/mol. The van der Waals surface area contributed by atoms with E-state index in [9.17, 15) is 4.79 Å². The molecule has 1 heterocycles. The van der Waals surface area contributed by atoms with E-state index in [0.717, 1.165) is 0 Å². The highest BCUT2D eigenvalue weighted by molar-refractivity contribution is 9.08. The summed E-state index contributed by atoms with van der Waals surface area (Å²) in [5.74, 6) is -0.148. The number of nitrogens with zero attached hydrogens (tertiary/aromatic N) is 1.